The predicted octanol–water partition coefficient (Wildman–Crippen LogP) is 0.953. The largest absolute Gasteiger partial charge is 0.389 e. The van der Waals surface area contributed by atoms with Crippen LogP contribution in [0.4, 0.5) is 0 Å². The van der Waals surface area contributed by atoms with Crippen LogP contribution < -0.4 is 5.32 Å². The van der Waals surface area contributed by atoms with Gasteiger partial charge in [-0.25, -0.2) is 0 Å². The average molecular weight is 266 g/mol. The van der Waals surface area contributed by atoms with Gasteiger partial charge in [-0.2, -0.15) is 0 Å². The van der Waals surface area contributed by atoms with Crippen LogP contribution in [-0.2, 0) is 9.53 Å². The normalized spacial score (nSPS) is 18.0. The Hall–Kier alpha value is -1.33. The van der Waals surface area contributed by atoms with Crippen LogP contribution in [0.2, 0.25) is 0 Å². The zero-order chi connectivity index (χ0) is 13.7. The lowest BCUT2D eigenvalue weighted by molar-refractivity contribution is -0.124. The van der Waals surface area contributed by atoms with E-state index in [4.69, 9.17) is 4.74 Å². The topological polar surface area (TPSA) is 63.5 Å². The maximum Gasteiger partial charge on any atom is 0.242 e. The number of aliphatic hydroxyl groups is 1. The van der Waals surface area contributed by atoms with Gasteiger partial charge >= 0.3 is 0 Å². The highest BCUT2D eigenvalue weighted by Crippen LogP contribution is 2.28. The lowest BCUT2D eigenvalue weighted by Gasteiger charge is -2.16. The predicted molar refractivity (Wildman–Crippen MR) is 71.7 cm³/mol. The van der Waals surface area contributed by atoms with Gasteiger partial charge < -0.3 is 19.7 Å². The Balaban J connectivity index is 1.61. The molecule has 1 fully saturated rings. The molecule has 1 aromatic rings. The molecule has 1 saturated carbocycles. The van der Waals surface area contributed by atoms with E-state index in [0.717, 1.165) is 6.61 Å². The van der Waals surface area contributed by atoms with Crippen molar-refractivity contribution < 1.29 is 14.6 Å². The van der Waals surface area contributed by atoms with E-state index in [1.165, 1.54) is 12.8 Å². The molecular formula is C14H22N2O3. The standard InChI is InChI=1S/C14H22N2O3/c1-11(16-6-2-3-7-16)14(18)15-8-13(17)10-19-9-12-4-5-12/h2-3,6-7,11-13,17H,4-5,8-10H2,1H3,(H,15,18). The summed E-state index contributed by atoms with van der Waals surface area (Å²) in [5.74, 6) is 0.591. The first-order valence-corrected chi connectivity index (χ1v) is 6.83. The molecule has 5 heteroatoms. The Morgan fingerprint density at radius 2 is 2.16 bits per heavy atom. The van der Waals surface area contributed by atoms with Gasteiger partial charge in [0.25, 0.3) is 0 Å². The highest BCUT2D eigenvalue weighted by atomic mass is 16.5. The van der Waals surface area contributed by atoms with Crippen molar-refractivity contribution >= 4 is 5.91 Å². The maximum absolute atomic E-state index is 11.9. The Bertz CT molecular complexity index is 387. The molecule has 106 valence electrons. The molecule has 2 N–H and O–H groups in total. The second-order valence-electron chi connectivity index (χ2n) is 5.19. The number of nitrogens with one attached hydrogen (secondary N) is 1. The summed E-state index contributed by atoms with van der Waals surface area (Å²) in [6.45, 7) is 3.07. The van der Waals surface area contributed by atoms with Crippen LogP contribution in [-0.4, -0.2) is 41.4 Å². The Morgan fingerprint density at radius 1 is 1.47 bits per heavy atom. The highest BCUT2D eigenvalue weighted by Gasteiger charge is 2.21. The van der Waals surface area contributed by atoms with Crippen molar-refractivity contribution in [2.75, 3.05) is 19.8 Å². The molecule has 1 heterocycles. The number of hydrogen-bond acceptors (Lipinski definition) is 3. The van der Waals surface area contributed by atoms with Gasteiger partial charge in [0.15, 0.2) is 0 Å². The first kappa shape index (κ1) is 14.1. The summed E-state index contributed by atoms with van der Waals surface area (Å²) in [5, 5.41) is 12.4. The molecule has 2 unspecified atom stereocenters. The number of aliphatic hydroxyl groups excluding tert-OH is 1. The molecule has 0 bridgehead atoms. The molecule has 0 radical (unpaired) electrons. The van der Waals surface area contributed by atoms with Crippen LogP contribution in [0.1, 0.15) is 25.8 Å². The number of amides is 1. The third-order valence-electron chi connectivity index (χ3n) is 3.33. The third kappa shape index (κ3) is 4.69. The number of nitrogens with zero attached hydrogens (tertiary/aromatic N) is 1. The third-order valence-corrected chi connectivity index (χ3v) is 3.33. The van der Waals surface area contributed by atoms with E-state index in [0.29, 0.717) is 5.92 Å². The van der Waals surface area contributed by atoms with Crippen molar-refractivity contribution in [2.45, 2.75) is 31.9 Å². The number of rotatable bonds is 8. The van der Waals surface area contributed by atoms with Gasteiger partial charge in [0.1, 0.15) is 6.04 Å². The van der Waals surface area contributed by atoms with Crippen molar-refractivity contribution in [2.24, 2.45) is 5.92 Å². The summed E-state index contributed by atoms with van der Waals surface area (Å²) in [4.78, 5) is 11.9. The Kier molecular flexibility index (Phi) is 4.99. The zero-order valence-corrected chi connectivity index (χ0v) is 11.3. The number of aromatic nitrogens is 1. The molecule has 0 aliphatic heterocycles. The number of ether oxygens (including phenoxy) is 1. The number of carbonyl (C=O) groups excluding carboxylic acids is 1. The van der Waals surface area contributed by atoms with Gasteiger partial charge in [0.2, 0.25) is 5.91 Å². The van der Waals surface area contributed by atoms with Crippen LogP contribution in [0.25, 0.3) is 0 Å². The lowest BCUT2D eigenvalue weighted by atomic mass is 10.3. The molecule has 1 amide bonds. The first-order chi connectivity index (χ1) is 9.16. The van der Waals surface area contributed by atoms with Gasteiger partial charge in [0, 0.05) is 25.5 Å². The van der Waals surface area contributed by atoms with Crippen molar-refractivity contribution in [1.82, 2.24) is 9.88 Å². The summed E-state index contributed by atoms with van der Waals surface area (Å²) in [6, 6.07) is 3.49. The van der Waals surface area contributed by atoms with E-state index in [-0.39, 0.29) is 25.1 Å². The average Bonchev–Trinajstić information content (AvgIpc) is 3.06. The van der Waals surface area contributed by atoms with Gasteiger partial charge in [-0.15, -0.1) is 0 Å². The summed E-state index contributed by atoms with van der Waals surface area (Å²) in [5.41, 5.74) is 0. The van der Waals surface area contributed by atoms with Crippen LogP contribution in [0.5, 0.6) is 0 Å². The smallest absolute Gasteiger partial charge is 0.242 e. The molecule has 0 saturated heterocycles. The van der Waals surface area contributed by atoms with E-state index in [1.54, 1.807) is 0 Å². The molecule has 2 atom stereocenters. The quantitative estimate of drug-likeness (QED) is 0.736. The Morgan fingerprint density at radius 3 is 2.79 bits per heavy atom. The molecule has 1 aliphatic rings. The molecule has 19 heavy (non-hydrogen) atoms. The first-order valence-electron chi connectivity index (χ1n) is 6.83. The SMILES string of the molecule is CC(C(=O)NCC(O)COCC1CC1)n1cccc1. The summed E-state index contributed by atoms with van der Waals surface area (Å²) in [6.07, 6.45) is 5.53. The van der Waals surface area contributed by atoms with E-state index in [2.05, 4.69) is 5.32 Å². The van der Waals surface area contributed by atoms with Crippen molar-refractivity contribution in [3.8, 4) is 0 Å². The summed E-state index contributed by atoms with van der Waals surface area (Å²) in [7, 11) is 0. The Labute approximate surface area is 113 Å². The lowest BCUT2D eigenvalue weighted by Crippen LogP contribution is -2.38. The fourth-order valence-electron chi connectivity index (χ4n) is 1.82. The van der Waals surface area contributed by atoms with E-state index in [9.17, 15) is 9.90 Å². The van der Waals surface area contributed by atoms with Crippen molar-refractivity contribution in [3.05, 3.63) is 24.5 Å². The number of carbonyl (C=O) groups is 1. The summed E-state index contributed by atoms with van der Waals surface area (Å²) >= 11 is 0. The van der Waals surface area contributed by atoms with Crippen molar-refractivity contribution in [3.63, 3.8) is 0 Å². The second kappa shape index (κ2) is 6.73. The number of hydrogen-bond donors (Lipinski definition) is 2. The molecule has 1 aliphatic carbocycles. The van der Waals surface area contributed by atoms with Gasteiger partial charge in [-0.05, 0) is 37.8 Å². The minimum atomic E-state index is -0.639. The van der Waals surface area contributed by atoms with E-state index in [1.807, 2.05) is 36.0 Å². The summed E-state index contributed by atoms with van der Waals surface area (Å²) < 4.78 is 7.20. The van der Waals surface area contributed by atoms with Crippen LogP contribution >= 0.6 is 0 Å². The minimum absolute atomic E-state index is 0.0996. The van der Waals surface area contributed by atoms with Gasteiger partial charge in [-0.1, -0.05) is 0 Å². The molecule has 2 rings (SSSR count). The zero-order valence-electron chi connectivity index (χ0n) is 11.3. The fourth-order valence-corrected chi connectivity index (χ4v) is 1.82. The van der Waals surface area contributed by atoms with Crippen molar-refractivity contribution in [1.29, 1.82) is 0 Å². The van der Waals surface area contributed by atoms with Crippen LogP contribution in [0.3, 0.4) is 0 Å². The molecular weight excluding hydrogens is 244 g/mol. The minimum Gasteiger partial charge on any atom is -0.389 e. The molecule has 5 nitrogen and oxygen atoms in total. The monoisotopic (exact) mass is 266 g/mol. The fraction of sp³-hybridized carbons (Fsp3) is 0.643. The van der Waals surface area contributed by atoms with Crippen LogP contribution in [0.15, 0.2) is 24.5 Å². The maximum atomic E-state index is 11.9. The van der Waals surface area contributed by atoms with E-state index < -0.39 is 6.10 Å². The van der Waals surface area contributed by atoms with E-state index >= 15 is 0 Å². The molecule has 0 aromatic carbocycles. The van der Waals surface area contributed by atoms with Gasteiger partial charge in [-0.3, -0.25) is 4.79 Å². The second-order valence-corrected chi connectivity index (χ2v) is 5.19. The highest BCUT2D eigenvalue weighted by molar-refractivity contribution is 5.79. The molecule has 0 spiro atoms. The van der Waals surface area contributed by atoms with Gasteiger partial charge in [0.05, 0.1) is 12.7 Å². The van der Waals surface area contributed by atoms with Crippen LogP contribution in [0, 0.1) is 5.92 Å². The molecule has 1 aromatic heterocycles.